The summed E-state index contributed by atoms with van der Waals surface area (Å²) >= 11 is 0. The molecule has 0 saturated heterocycles. The molecule has 160 valence electrons. The molecule has 0 unspecified atom stereocenters. The number of hydrogen-bond acceptors (Lipinski definition) is 6. The van der Waals surface area contributed by atoms with Gasteiger partial charge in [-0.25, -0.2) is 14.4 Å². The maximum Gasteiger partial charge on any atom is 0.227 e. The van der Waals surface area contributed by atoms with E-state index in [1.165, 1.54) is 0 Å². The second-order valence-corrected chi connectivity index (χ2v) is 6.95. The fourth-order valence-electron chi connectivity index (χ4n) is 2.67. The summed E-state index contributed by atoms with van der Waals surface area (Å²) in [5, 5.41) is 9.92. The number of nitrogens with zero attached hydrogens (tertiary/aromatic N) is 5. The van der Waals surface area contributed by atoms with Crippen LogP contribution in [0.1, 0.15) is 31.5 Å². The van der Waals surface area contributed by atoms with E-state index in [-0.39, 0.29) is 6.04 Å². The number of nitrogens with one attached hydrogen (secondary N) is 3. The molecule has 0 aliphatic heterocycles. The lowest BCUT2D eigenvalue weighted by Crippen LogP contribution is -2.24. The van der Waals surface area contributed by atoms with Crippen LogP contribution in [0.2, 0.25) is 0 Å². The van der Waals surface area contributed by atoms with Crippen molar-refractivity contribution in [3.63, 3.8) is 0 Å². The van der Waals surface area contributed by atoms with Crippen LogP contribution in [0.5, 0.6) is 0 Å². The molecule has 1 aliphatic carbocycles. The van der Waals surface area contributed by atoms with Gasteiger partial charge < -0.3 is 15.2 Å². The SMILES string of the molecule is C#C.C[C@@H](c1ccc2[nH]ccc2n1)N(C)c1nccc(Nc2ccn[nH]2)n1.FC1CC1. The van der Waals surface area contributed by atoms with Gasteiger partial charge >= 0.3 is 0 Å². The Kier molecular flexibility index (Phi) is 7.17. The molecule has 4 aromatic rings. The third kappa shape index (κ3) is 5.79. The number of anilines is 3. The summed E-state index contributed by atoms with van der Waals surface area (Å²) in [5.41, 5.74) is 2.94. The first kappa shape index (κ1) is 21.8. The van der Waals surface area contributed by atoms with Gasteiger partial charge in [-0.05, 0) is 44.0 Å². The van der Waals surface area contributed by atoms with Crippen LogP contribution in [0.4, 0.5) is 22.0 Å². The quantitative estimate of drug-likeness (QED) is 0.414. The molecule has 0 aromatic carbocycles. The lowest BCUT2D eigenvalue weighted by atomic mass is 10.2. The Labute approximate surface area is 180 Å². The van der Waals surface area contributed by atoms with Gasteiger partial charge in [-0.2, -0.15) is 10.1 Å². The van der Waals surface area contributed by atoms with Gasteiger partial charge in [0.1, 0.15) is 17.8 Å². The zero-order chi connectivity index (χ0) is 22.2. The molecule has 5 rings (SSSR count). The van der Waals surface area contributed by atoms with Crippen molar-refractivity contribution in [2.45, 2.75) is 32.0 Å². The minimum atomic E-state index is -0.417. The van der Waals surface area contributed by atoms with Crippen molar-refractivity contribution in [1.82, 2.24) is 30.1 Å². The Morgan fingerprint density at radius 2 is 1.90 bits per heavy atom. The van der Waals surface area contributed by atoms with Crippen LogP contribution >= 0.6 is 0 Å². The first-order valence-corrected chi connectivity index (χ1v) is 9.84. The second-order valence-electron chi connectivity index (χ2n) is 6.95. The Hall–Kier alpha value is -3.93. The van der Waals surface area contributed by atoms with Gasteiger partial charge in [-0.1, -0.05) is 0 Å². The van der Waals surface area contributed by atoms with E-state index in [1.807, 2.05) is 48.5 Å². The van der Waals surface area contributed by atoms with Crippen molar-refractivity contribution < 1.29 is 4.39 Å². The van der Waals surface area contributed by atoms with Crippen LogP contribution in [-0.2, 0) is 0 Å². The van der Waals surface area contributed by atoms with E-state index in [2.05, 4.69) is 50.2 Å². The lowest BCUT2D eigenvalue weighted by Gasteiger charge is -2.24. The summed E-state index contributed by atoms with van der Waals surface area (Å²) in [6.45, 7) is 2.08. The molecule has 0 bridgehead atoms. The van der Waals surface area contributed by atoms with Crippen LogP contribution in [0, 0.1) is 12.8 Å². The number of hydrogen-bond donors (Lipinski definition) is 3. The fraction of sp³-hybridized carbons (Fsp3) is 0.273. The molecule has 3 N–H and O–H groups in total. The summed E-state index contributed by atoms with van der Waals surface area (Å²) < 4.78 is 11.1. The Morgan fingerprint density at radius 1 is 1.13 bits per heavy atom. The van der Waals surface area contributed by atoms with E-state index in [0.717, 1.165) is 35.4 Å². The fourth-order valence-corrected chi connectivity index (χ4v) is 2.67. The van der Waals surface area contributed by atoms with Crippen molar-refractivity contribution in [2.24, 2.45) is 0 Å². The van der Waals surface area contributed by atoms with E-state index in [0.29, 0.717) is 11.8 Å². The van der Waals surface area contributed by atoms with Crippen LogP contribution in [-0.4, -0.2) is 43.4 Å². The summed E-state index contributed by atoms with van der Waals surface area (Å²) in [7, 11) is 1.96. The highest BCUT2D eigenvalue weighted by Crippen LogP contribution is 2.24. The number of fused-ring (bicyclic) bond motifs is 1. The average molecular weight is 420 g/mol. The van der Waals surface area contributed by atoms with Crippen LogP contribution in [0.25, 0.3) is 11.0 Å². The van der Waals surface area contributed by atoms with Crippen LogP contribution in [0.15, 0.2) is 48.9 Å². The number of H-pyrrole nitrogens is 2. The number of rotatable bonds is 5. The smallest absolute Gasteiger partial charge is 0.227 e. The van der Waals surface area contributed by atoms with Gasteiger partial charge in [-0.15, -0.1) is 12.8 Å². The third-order valence-electron chi connectivity index (χ3n) is 4.66. The molecule has 9 heteroatoms. The molecule has 8 nitrogen and oxygen atoms in total. The first-order chi connectivity index (χ1) is 15.1. The molecule has 0 spiro atoms. The molecule has 1 atom stereocenters. The molecule has 4 aromatic heterocycles. The molecule has 1 fully saturated rings. The van der Waals surface area contributed by atoms with Crippen LogP contribution < -0.4 is 10.2 Å². The van der Waals surface area contributed by atoms with Crippen molar-refractivity contribution in [3.8, 4) is 12.8 Å². The zero-order valence-corrected chi connectivity index (χ0v) is 17.5. The molecular weight excluding hydrogens is 395 g/mol. The average Bonchev–Trinajstić information content (AvgIpc) is 3.23. The standard InChI is InChI=1S/C17H18N8.C3H5F.C2H2/c1-11(12-3-4-13-14(21-12)5-8-18-13)25(2)17-19-9-6-15(23-17)22-16-7-10-20-24-16;4-3-1-2-3;1-2/h3-11,18H,1-2H3,(H2,19,20,22,23,24);3H,1-2H2;1-2H/t11-;;/m0../s1. The number of aromatic amines is 2. The monoisotopic (exact) mass is 420 g/mol. The highest BCUT2D eigenvalue weighted by atomic mass is 19.1. The summed E-state index contributed by atoms with van der Waals surface area (Å²) in [5.74, 6) is 2.09. The van der Waals surface area contributed by atoms with E-state index >= 15 is 0 Å². The predicted octanol–water partition coefficient (Wildman–Crippen LogP) is 4.38. The second kappa shape index (κ2) is 10.2. The Morgan fingerprint density at radius 3 is 2.58 bits per heavy atom. The number of pyridine rings is 1. The van der Waals surface area contributed by atoms with E-state index in [1.54, 1.807) is 12.4 Å². The number of alkyl halides is 1. The van der Waals surface area contributed by atoms with Crippen LogP contribution in [0.3, 0.4) is 0 Å². The minimum absolute atomic E-state index is 0.0294. The summed E-state index contributed by atoms with van der Waals surface area (Å²) in [4.78, 5) is 18.8. The highest BCUT2D eigenvalue weighted by Gasteiger charge is 2.18. The van der Waals surface area contributed by atoms with E-state index in [9.17, 15) is 4.39 Å². The number of terminal acetylenes is 1. The van der Waals surface area contributed by atoms with Crippen molar-refractivity contribution >= 4 is 28.6 Å². The molecule has 31 heavy (non-hydrogen) atoms. The van der Waals surface area contributed by atoms with E-state index in [4.69, 9.17) is 4.98 Å². The van der Waals surface area contributed by atoms with Crippen molar-refractivity contribution in [2.75, 3.05) is 17.3 Å². The lowest BCUT2D eigenvalue weighted by molar-refractivity contribution is 0.480. The maximum atomic E-state index is 11.1. The molecule has 0 radical (unpaired) electrons. The van der Waals surface area contributed by atoms with Gasteiger partial charge in [0.25, 0.3) is 0 Å². The van der Waals surface area contributed by atoms with E-state index < -0.39 is 6.17 Å². The number of halogens is 1. The summed E-state index contributed by atoms with van der Waals surface area (Å²) in [6, 6.07) is 9.71. The molecular formula is C22H25FN8. The largest absolute Gasteiger partial charge is 0.360 e. The molecule has 1 saturated carbocycles. The molecule has 0 amide bonds. The van der Waals surface area contributed by atoms with Gasteiger partial charge in [-0.3, -0.25) is 5.10 Å². The number of aromatic nitrogens is 6. The normalized spacial score (nSPS) is 13.3. The predicted molar refractivity (Wildman–Crippen MR) is 121 cm³/mol. The topological polar surface area (TPSA) is 98.4 Å². The van der Waals surface area contributed by atoms with Gasteiger partial charge in [0, 0.05) is 25.5 Å². The highest BCUT2D eigenvalue weighted by molar-refractivity contribution is 5.74. The molecule has 1 aliphatic rings. The Bertz CT molecular complexity index is 1100. The van der Waals surface area contributed by atoms with Crippen molar-refractivity contribution in [3.05, 3.63) is 54.6 Å². The summed E-state index contributed by atoms with van der Waals surface area (Å²) in [6.07, 6.45) is 14.5. The first-order valence-electron chi connectivity index (χ1n) is 9.84. The van der Waals surface area contributed by atoms with Gasteiger partial charge in [0.05, 0.1) is 29.0 Å². The zero-order valence-electron chi connectivity index (χ0n) is 17.5. The van der Waals surface area contributed by atoms with Crippen molar-refractivity contribution in [1.29, 1.82) is 0 Å². The Balaban J connectivity index is 0.000000400. The maximum absolute atomic E-state index is 11.1. The molecule has 4 heterocycles. The van der Waals surface area contributed by atoms with Gasteiger partial charge in [0.2, 0.25) is 5.95 Å². The third-order valence-corrected chi connectivity index (χ3v) is 4.66. The minimum Gasteiger partial charge on any atom is -0.360 e. The van der Waals surface area contributed by atoms with Gasteiger partial charge in [0.15, 0.2) is 0 Å².